The highest BCUT2D eigenvalue weighted by Crippen LogP contribution is 2.22. The number of nitrogens with zero attached hydrogens (tertiary/aromatic N) is 2. The normalized spacial score (nSPS) is 29.9. The van der Waals surface area contributed by atoms with Crippen LogP contribution in [-0.2, 0) is 4.74 Å². The Morgan fingerprint density at radius 2 is 1.54 bits per heavy atom. The Morgan fingerprint density at radius 3 is 2.17 bits per heavy atom. The quantitative estimate of drug-likeness (QED) is 0.511. The molecule has 5 N–H and O–H groups in total. The Labute approximate surface area is 139 Å². The van der Waals surface area contributed by atoms with E-state index in [9.17, 15) is 15.3 Å². The van der Waals surface area contributed by atoms with Crippen molar-refractivity contribution < 1.29 is 20.1 Å². The Balaban J connectivity index is 1.65. The van der Waals surface area contributed by atoms with Crippen molar-refractivity contribution in [2.24, 2.45) is 0 Å². The van der Waals surface area contributed by atoms with Gasteiger partial charge in [-0.05, 0) is 24.3 Å². The number of pyridine rings is 2. The molecule has 8 nitrogen and oxygen atoms in total. The van der Waals surface area contributed by atoms with E-state index < -0.39 is 30.6 Å². The molecule has 24 heavy (non-hydrogen) atoms. The lowest BCUT2D eigenvalue weighted by Gasteiger charge is -2.41. The zero-order chi connectivity index (χ0) is 16.9. The maximum absolute atomic E-state index is 10.1. The van der Waals surface area contributed by atoms with Crippen LogP contribution < -0.4 is 10.6 Å². The fraction of sp³-hybridized carbons (Fsp3) is 0.375. The second-order valence-electron chi connectivity index (χ2n) is 5.52. The van der Waals surface area contributed by atoms with Gasteiger partial charge in [0.15, 0.2) is 6.23 Å². The monoisotopic (exact) mass is 332 g/mol. The molecule has 0 spiro atoms. The summed E-state index contributed by atoms with van der Waals surface area (Å²) in [5.41, 5.74) is 0. The molecule has 2 aromatic rings. The molecule has 1 aliphatic rings. The van der Waals surface area contributed by atoms with Crippen molar-refractivity contribution in [2.75, 3.05) is 17.2 Å². The summed E-state index contributed by atoms with van der Waals surface area (Å²) >= 11 is 0. The van der Waals surface area contributed by atoms with E-state index in [1.165, 1.54) is 0 Å². The minimum absolute atomic E-state index is 0.225. The van der Waals surface area contributed by atoms with Gasteiger partial charge in [0.25, 0.3) is 0 Å². The van der Waals surface area contributed by atoms with Gasteiger partial charge in [-0.3, -0.25) is 0 Å². The van der Waals surface area contributed by atoms with Crippen molar-refractivity contribution in [2.45, 2.75) is 30.6 Å². The average molecular weight is 332 g/mol. The van der Waals surface area contributed by atoms with E-state index >= 15 is 0 Å². The third kappa shape index (κ3) is 3.80. The smallest absolute Gasteiger partial charge is 0.158 e. The van der Waals surface area contributed by atoms with E-state index in [4.69, 9.17) is 4.74 Å². The number of anilines is 2. The fourth-order valence-electron chi connectivity index (χ4n) is 2.50. The minimum atomic E-state index is -1.34. The molecule has 8 heteroatoms. The van der Waals surface area contributed by atoms with Gasteiger partial charge in [-0.25, -0.2) is 9.97 Å². The number of rotatable bonds is 5. The van der Waals surface area contributed by atoms with Crippen molar-refractivity contribution in [3.8, 4) is 0 Å². The van der Waals surface area contributed by atoms with Gasteiger partial charge in [0.2, 0.25) is 0 Å². The number of aromatic nitrogens is 2. The van der Waals surface area contributed by atoms with Gasteiger partial charge in [0.05, 0.1) is 0 Å². The fourth-order valence-corrected chi connectivity index (χ4v) is 2.50. The van der Waals surface area contributed by atoms with Crippen LogP contribution in [-0.4, -0.2) is 62.5 Å². The summed E-state index contributed by atoms with van der Waals surface area (Å²) in [5, 5.41) is 36.3. The topological polar surface area (TPSA) is 120 Å². The Kier molecular flexibility index (Phi) is 5.21. The van der Waals surface area contributed by atoms with Crippen LogP contribution >= 0.6 is 0 Å². The zero-order valence-electron chi connectivity index (χ0n) is 12.9. The van der Waals surface area contributed by atoms with Crippen LogP contribution in [0, 0.1) is 0 Å². The summed E-state index contributed by atoms with van der Waals surface area (Å²) in [5.74, 6) is 1.13. The van der Waals surface area contributed by atoms with E-state index in [0.717, 1.165) is 0 Å². The largest absolute Gasteiger partial charge is 0.388 e. The number of nitrogens with one attached hydrogen (secondary N) is 2. The SMILES string of the molecule is OC1C(CNc2ccccn2)OC(Nc2ccccn2)C(O)C1O. The van der Waals surface area contributed by atoms with Crippen LogP contribution in [0.3, 0.4) is 0 Å². The van der Waals surface area contributed by atoms with Crippen molar-refractivity contribution in [1.82, 2.24) is 9.97 Å². The zero-order valence-corrected chi connectivity index (χ0v) is 12.9. The van der Waals surface area contributed by atoms with E-state index in [0.29, 0.717) is 11.6 Å². The number of aliphatic hydroxyl groups is 3. The second kappa shape index (κ2) is 7.54. The van der Waals surface area contributed by atoms with Gasteiger partial charge < -0.3 is 30.7 Å². The molecule has 5 unspecified atom stereocenters. The molecule has 0 aliphatic carbocycles. The molecule has 2 aromatic heterocycles. The third-order valence-electron chi connectivity index (χ3n) is 3.82. The van der Waals surface area contributed by atoms with Crippen LogP contribution in [0.1, 0.15) is 0 Å². The van der Waals surface area contributed by atoms with Gasteiger partial charge in [0, 0.05) is 18.9 Å². The first kappa shape index (κ1) is 16.6. The number of hydrogen-bond donors (Lipinski definition) is 5. The molecule has 128 valence electrons. The van der Waals surface area contributed by atoms with E-state index in [1.54, 1.807) is 42.7 Å². The molecule has 1 saturated heterocycles. The first-order valence-electron chi connectivity index (χ1n) is 7.67. The average Bonchev–Trinajstić information content (AvgIpc) is 2.63. The molecule has 0 radical (unpaired) electrons. The molecule has 0 saturated carbocycles. The molecule has 0 amide bonds. The van der Waals surface area contributed by atoms with Crippen molar-refractivity contribution in [1.29, 1.82) is 0 Å². The molecule has 0 bridgehead atoms. The number of hydrogen-bond acceptors (Lipinski definition) is 8. The minimum Gasteiger partial charge on any atom is -0.388 e. The summed E-state index contributed by atoms with van der Waals surface area (Å²) in [4.78, 5) is 8.22. The van der Waals surface area contributed by atoms with Crippen LogP contribution in [0.25, 0.3) is 0 Å². The maximum Gasteiger partial charge on any atom is 0.158 e. The first-order valence-corrected chi connectivity index (χ1v) is 7.67. The lowest BCUT2D eigenvalue weighted by molar-refractivity contribution is -0.210. The maximum atomic E-state index is 10.1. The molecule has 1 aliphatic heterocycles. The predicted octanol–water partition coefficient (Wildman–Crippen LogP) is -0.192. The summed E-state index contributed by atoms with van der Waals surface area (Å²) < 4.78 is 5.71. The molecular formula is C16H20N4O4. The molecule has 5 atom stereocenters. The van der Waals surface area contributed by atoms with Gasteiger partial charge in [-0.1, -0.05) is 12.1 Å². The first-order chi connectivity index (χ1) is 11.6. The lowest BCUT2D eigenvalue weighted by Crippen LogP contribution is -2.61. The number of ether oxygens (including phenoxy) is 1. The third-order valence-corrected chi connectivity index (χ3v) is 3.82. The highest BCUT2D eigenvalue weighted by Gasteiger charge is 2.43. The predicted molar refractivity (Wildman–Crippen MR) is 87.3 cm³/mol. The molecule has 1 fully saturated rings. The van der Waals surface area contributed by atoms with Gasteiger partial charge >= 0.3 is 0 Å². The van der Waals surface area contributed by atoms with Crippen molar-refractivity contribution >= 4 is 11.6 Å². The summed E-state index contributed by atoms with van der Waals surface area (Å²) in [7, 11) is 0. The molecule has 3 rings (SSSR count). The summed E-state index contributed by atoms with van der Waals surface area (Å²) in [6.45, 7) is 0.225. The lowest BCUT2D eigenvalue weighted by atomic mass is 9.98. The highest BCUT2D eigenvalue weighted by molar-refractivity contribution is 5.35. The van der Waals surface area contributed by atoms with E-state index in [1.807, 2.05) is 6.07 Å². The highest BCUT2D eigenvalue weighted by atomic mass is 16.5. The van der Waals surface area contributed by atoms with E-state index in [2.05, 4.69) is 20.6 Å². The molecule has 0 aromatic carbocycles. The van der Waals surface area contributed by atoms with Crippen molar-refractivity contribution in [3.05, 3.63) is 48.8 Å². The Hall–Kier alpha value is -2.26. The standard InChI is InChI=1S/C16H20N4O4/c21-13-10(9-19-11-5-1-3-7-17-11)24-16(15(23)14(13)22)20-12-6-2-4-8-18-12/h1-8,10,13-16,21-23H,9H2,(H,17,19)(H,18,20). The van der Waals surface area contributed by atoms with Crippen LogP contribution in [0.15, 0.2) is 48.8 Å². The van der Waals surface area contributed by atoms with Crippen molar-refractivity contribution in [3.63, 3.8) is 0 Å². The summed E-state index contributed by atoms with van der Waals surface area (Å²) in [6, 6.07) is 10.7. The van der Waals surface area contributed by atoms with Crippen LogP contribution in [0.5, 0.6) is 0 Å². The van der Waals surface area contributed by atoms with Gasteiger partial charge in [0.1, 0.15) is 36.1 Å². The van der Waals surface area contributed by atoms with Gasteiger partial charge in [-0.2, -0.15) is 0 Å². The molecule has 3 heterocycles. The summed E-state index contributed by atoms with van der Waals surface area (Å²) in [6.07, 6.45) is -2.23. The molecular weight excluding hydrogens is 312 g/mol. The van der Waals surface area contributed by atoms with E-state index in [-0.39, 0.29) is 6.54 Å². The number of aliphatic hydroxyl groups excluding tert-OH is 3. The Morgan fingerprint density at radius 1 is 0.875 bits per heavy atom. The Bertz CT molecular complexity index is 628. The second-order valence-corrected chi connectivity index (χ2v) is 5.52. The van der Waals surface area contributed by atoms with Crippen LogP contribution in [0.4, 0.5) is 11.6 Å². The van der Waals surface area contributed by atoms with Gasteiger partial charge in [-0.15, -0.1) is 0 Å². The van der Waals surface area contributed by atoms with Crippen LogP contribution in [0.2, 0.25) is 0 Å².